The van der Waals surface area contributed by atoms with Crippen molar-refractivity contribution >= 4 is 18.5 Å². The largest absolute Gasteiger partial charge is 0.341 e. The monoisotopic (exact) mass is 289 g/mol. The Labute approximate surface area is 123 Å². The average Bonchev–Trinajstić information content (AvgIpc) is 2.41. The summed E-state index contributed by atoms with van der Waals surface area (Å²) in [6.45, 7) is 0.404. The number of amides is 1. The molecule has 2 aromatic rings. The molecule has 0 aliphatic carbocycles. The van der Waals surface area contributed by atoms with E-state index in [1.807, 2.05) is 30.3 Å². The van der Waals surface area contributed by atoms with E-state index in [9.17, 15) is 9.18 Å². The first-order valence-corrected chi connectivity index (χ1v) is 6.75. The van der Waals surface area contributed by atoms with E-state index in [0.717, 1.165) is 16.0 Å². The first-order chi connectivity index (χ1) is 9.54. The highest BCUT2D eigenvalue weighted by Gasteiger charge is 2.10. The fourth-order valence-corrected chi connectivity index (χ4v) is 2.07. The van der Waals surface area contributed by atoms with E-state index in [0.29, 0.717) is 13.0 Å². The van der Waals surface area contributed by atoms with Crippen molar-refractivity contribution in [3.05, 3.63) is 65.5 Å². The van der Waals surface area contributed by atoms with Crippen molar-refractivity contribution in [1.82, 2.24) is 4.90 Å². The summed E-state index contributed by atoms with van der Waals surface area (Å²) in [6, 6.07) is 13.8. The van der Waals surface area contributed by atoms with Gasteiger partial charge in [0.2, 0.25) is 5.91 Å². The van der Waals surface area contributed by atoms with Gasteiger partial charge in [0.25, 0.3) is 0 Å². The molecule has 0 aliphatic heterocycles. The van der Waals surface area contributed by atoms with Gasteiger partial charge in [-0.3, -0.25) is 4.79 Å². The van der Waals surface area contributed by atoms with E-state index in [4.69, 9.17) is 0 Å². The van der Waals surface area contributed by atoms with E-state index in [1.54, 1.807) is 18.0 Å². The molecule has 0 aliphatic rings. The van der Waals surface area contributed by atoms with Crippen LogP contribution in [0.5, 0.6) is 0 Å². The Morgan fingerprint density at radius 2 is 1.85 bits per heavy atom. The number of nitrogens with zero attached hydrogens (tertiary/aromatic N) is 1. The van der Waals surface area contributed by atoms with Gasteiger partial charge in [-0.25, -0.2) is 4.39 Å². The van der Waals surface area contributed by atoms with Gasteiger partial charge >= 0.3 is 0 Å². The van der Waals surface area contributed by atoms with Gasteiger partial charge in [0.15, 0.2) is 0 Å². The van der Waals surface area contributed by atoms with Gasteiger partial charge in [0, 0.05) is 18.5 Å². The van der Waals surface area contributed by atoms with E-state index < -0.39 is 0 Å². The molecule has 0 unspecified atom stereocenters. The third-order valence-corrected chi connectivity index (χ3v) is 3.32. The molecule has 0 saturated carbocycles. The lowest BCUT2D eigenvalue weighted by molar-refractivity contribution is -0.129. The minimum Gasteiger partial charge on any atom is -0.341 e. The molecule has 0 N–H and O–H groups in total. The Kier molecular flexibility index (Phi) is 4.79. The molecule has 20 heavy (non-hydrogen) atoms. The summed E-state index contributed by atoms with van der Waals surface area (Å²) in [5.41, 5.74) is 1.73. The van der Waals surface area contributed by atoms with Crippen LogP contribution in [0.3, 0.4) is 0 Å². The fraction of sp³-hybridized carbons (Fsp3) is 0.188. The first kappa shape index (κ1) is 14.6. The Morgan fingerprint density at radius 1 is 1.15 bits per heavy atom. The summed E-state index contributed by atoms with van der Waals surface area (Å²) in [6.07, 6.45) is 0.333. The Balaban J connectivity index is 1.96. The highest BCUT2D eigenvalue weighted by atomic mass is 32.1. The molecule has 0 aromatic heterocycles. The van der Waals surface area contributed by atoms with E-state index >= 15 is 0 Å². The highest BCUT2D eigenvalue weighted by molar-refractivity contribution is 7.80. The van der Waals surface area contributed by atoms with Crippen molar-refractivity contribution in [3.63, 3.8) is 0 Å². The maximum absolute atomic E-state index is 13.1. The van der Waals surface area contributed by atoms with E-state index in [1.165, 1.54) is 12.1 Å². The van der Waals surface area contributed by atoms with Gasteiger partial charge < -0.3 is 4.90 Å². The van der Waals surface area contributed by atoms with Gasteiger partial charge in [-0.2, -0.15) is 0 Å². The van der Waals surface area contributed by atoms with Crippen molar-refractivity contribution < 1.29 is 9.18 Å². The van der Waals surface area contributed by atoms with Crippen molar-refractivity contribution in [2.75, 3.05) is 7.05 Å². The molecule has 0 saturated heterocycles. The second-order valence-corrected chi connectivity index (χ2v) is 5.24. The molecule has 2 nitrogen and oxygen atoms in total. The van der Waals surface area contributed by atoms with Crippen LogP contribution in [0.25, 0.3) is 0 Å². The van der Waals surface area contributed by atoms with Crippen molar-refractivity contribution in [3.8, 4) is 0 Å². The zero-order chi connectivity index (χ0) is 14.5. The molecule has 0 radical (unpaired) electrons. The van der Waals surface area contributed by atoms with Crippen LogP contribution in [0.1, 0.15) is 11.1 Å². The molecule has 4 heteroatoms. The number of carbonyl (C=O) groups excluding carboxylic acids is 1. The van der Waals surface area contributed by atoms with Crippen LogP contribution < -0.4 is 0 Å². The lowest BCUT2D eigenvalue weighted by Crippen LogP contribution is -2.27. The van der Waals surface area contributed by atoms with Crippen LogP contribution in [-0.2, 0) is 17.8 Å². The van der Waals surface area contributed by atoms with E-state index in [-0.39, 0.29) is 11.7 Å². The number of likely N-dealkylation sites (N-methyl/N-ethyl adjacent to an activating group) is 1. The molecule has 1 amide bonds. The number of halogens is 1. The SMILES string of the molecule is CN(Cc1cccc(F)c1)C(=O)Cc1ccc(S)cc1. The second kappa shape index (κ2) is 6.57. The number of thiol groups is 1. The summed E-state index contributed by atoms with van der Waals surface area (Å²) >= 11 is 4.21. The molecule has 0 bridgehead atoms. The molecule has 0 fully saturated rings. The van der Waals surface area contributed by atoms with Crippen LogP contribution in [-0.4, -0.2) is 17.9 Å². The number of hydrogen-bond acceptors (Lipinski definition) is 2. The van der Waals surface area contributed by atoms with Gasteiger partial charge in [0.05, 0.1) is 6.42 Å². The fourth-order valence-electron chi connectivity index (χ4n) is 1.92. The lowest BCUT2D eigenvalue weighted by Gasteiger charge is -2.17. The van der Waals surface area contributed by atoms with Crippen LogP contribution in [0, 0.1) is 5.82 Å². The number of carbonyl (C=O) groups is 1. The van der Waals surface area contributed by atoms with Crippen LogP contribution in [0.4, 0.5) is 4.39 Å². The minimum atomic E-state index is -0.285. The molecular formula is C16H16FNOS. The minimum absolute atomic E-state index is 0.00109. The normalized spacial score (nSPS) is 10.3. The number of benzene rings is 2. The molecular weight excluding hydrogens is 273 g/mol. The standard InChI is InChI=1S/C16H16FNOS/c1-18(11-13-3-2-4-14(17)9-13)16(19)10-12-5-7-15(20)8-6-12/h2-9,20H,10-11H2,1H3. The number of hydrogen-bond donors (Lipinski definition) is 1. The summed E-state index contributed by atoms with van der Waals surface area (Å²) in [4.78, 5) is 14.6. The van der Waals surface area contributed by atoms with Crippen LogP contribution in [0.2, 0.25) is 0 Å². The van der Waals surface area contributed by atoms with Gasteiger partial charge in [-0.15, -0.1) is 12.6 Å². The predicted octanol–water partition coefficient (Wildman–Crippen LogP) is 3.32. The molecule has 104 valence electrons. The van der Waals surface area contributed by atoms with Gasteiger partial charge in [-0.05, 0) is 35.4 Å². The zero-order valence-electron chi connectivity index (χ0n) is 11.2. The smallest absolute Gasteiger partial charge is 0.227 e. The third kappa shape index (κ3) is 4.10. The Morgan fingerprint density at radius 3 is 2.50 bits per heavy atom. The van der Waals surface area contributed by atoms with Crippen molar-refractivity contribution in [2.45, 2.75) is 17.9 Å². The summed E-state index contributed by atoms with van der Waals surface area (Å²) < 4.78 is 13.1. The van der Waals surface area contributed by atoms with E-state index in [2.05, 4.69) is 12.6 Å². The first-order valence-electron chi connectivity index (χ1n) is 6.31. The average molecular weight is 289 g/mol. The molecule has 0 atom stereocenters. The van der Waals surface area contributed by atoms with Gasteiger partial charge in [0.1, 0.15) is 5.82 Å². The Hall–Kier alpha value is -1.81. The highest BCUT2D eigenvalue weighted by Crippen LogP contribution is 2.11. The topological polar surface area (TPSA) is 20.3 Å². The van der Waals surface area contributed by atoms with Crippen molar-refractivity contribution in [1.29, 1.82) is 0 Å². The quantitative estimate of drug-likeness (QED) is 0.856. The summed E-state index contributed by atoms with van der Waals surface area (Å²) in [5, 5.41) is 0. The summed E-state index contributed by atoms with van der Waals surface area (Å²) in [7, 11) is 1.72. The third-order valence-electron chi connectivity index (χ3n) is 3.03. The van der Waals surface area contributed by atoms with Crippen molar-refractivity contribution in [2.24, 2.45) is 0 Å². The van der Waals surface area contributed by atoms with Crippen LogP contribution in [0.15, 0.2) is 53.4 Å². The maximum atomic E-state index is 13.1. The Bertz CT molecular complexity index is 598. The van der Waals surface area contributed by atoms with Gasteiger partial charge in [-0.1, -0.05) is 24.3 Å². The lowest BCUT2D eigenvalue weighted by atomic mass is 10.1. The second-order valence-electron chi connectivity index (χ2n) is 4.72. The maximum Gasteiger partial charge on any atom is 0.227 e. The molecule has 0 heterocycles. The zero-order valence-corrected chi connectivity index (χ0v) is 12.1. The molecule has 2 aromatic carbocycles. The molecule has 2 rings (SSSR count). The summed E-state index contributed by atoms with van der Waals surface area (Å²) in [5.74, 6) is -0.283. The molecule has 0 spiro atoms. The predicted molar refractivity (Wildman–Crippen MR) is 80.3 cm³/mol. The van der Waals surface area contributed by atoms with Crippen LogP contribution >= 0.6 is 12.6 Å². The number of rotatable bonds is 4.